The minimum absolute atomic E-state index is 0.870. The molecule has 0 saturated heterocycles. The Hall–Kier alpha value is -0.820. The van der Waals surface area contributed by atoms with Gasteiger partial charge in [0, 0.05) is 6.04 Å². The Morgan fingerprint density at radius 3 is 2.17 bits per heavy atom. The number of benzene rings is 1. The molecule has 1 N–H and O–H groups in total. The van der Waals surface area contributed by atoms with Gasteiger partial charge in [-0.25, -0.2) is 0 Å². The van der Waals surface area contributed by atoms with E-state index in [2.05, 4.69) is 36.5 Å². The standard InChI is InChI=1S/C17H25N/c1-2-13-3-5-14(6-4-13)11-15-7-8-16(15)12-18-17-9-10-17/h3-6,15-18H,2,7-12H2,1H3. The third-order valence-corrected chi connectivity index (χ3v) is 4.75. The van der Waals surface area contributed by atoms with E-state index in [1.165, 1.54) is 49.8 Å². The lowest BCUT2D eigenvalue weighted by atomic mass is 9.70. The molecule has 3 rings (SSSR count). The second-order valence-electron chi connectivity index (χ2n) is 6.15. The fourth-order valence-corrected chi connectivity index (χ4v) is 2.99. The maximum absolute atomic E-state index is 3.69. The van der Waals surface area contributed by atoms with E-state index >= 15 is 0 Å². The third-order valence-electron chi connectivity index (χ3n) is 4.75. The lowest BCUT2D eigenvalue weighted by Gasteiger charge is -2.37. The fourth-order valence-electron chi connectivity index (χ4n) is 2.99. The molecule has 0 bridgehead atoms. The van der Waals surface area contributed by atoms with Gasteiger partial charge in [0.1, 0.15) is 0 Å². The summed E-state index contributed by atoms with van der Waals surface area (Å²) in [6, 6.07) is 10.1. The van der Waals surface area contributed by atoms with Crippen LogP contribution < -0.4 is 5.32 Å². The number of hydrogen-bond acceptors (Lipinski definition) is 1. The molecule has 0 radical (unpaired) electrons. The van der Waals surface area contributed by atoms with E-state index in [0.29, 0.717) is 0 Å². The van der Waals surface area contributed by atoms with E-state index in [9.17, 15) is 0 Å². The molecule has 2 aliphatic carbocycles. The molecule has 0 aliphatic heterocycles. The highest BCUT2D eigenvalue weighted by molar-refractivity contribution is 5.23. The molecule has 2 aliphatic rings. The SMILES string of the molecule is CCc1ccc(CC2CCC2CNC2CC2)cc1. The fraction of sp³-hybridized carbons (Fsp3) is 0.647. The van der Waals surface area contributed by atoms with Gasteiger partial charge in [0.15, 0.2) is 0 Å². The maximum atomic E-state index is 3.69. The van der Waals surface area contributed by atoms with Crippen molar-refractivity contribution in [3.05, 3.63) is 35.4 Å². The summed E-state index contributed by atoms with van der Waals surface area (Å²) in [5.74, 6) is 1.88. The Morgan fingerprint density at radius 2 is 1.61 bits per heavy atom. The summed E-state index contributed by atoms with van der Waals surface area (Å²) < 4.78 is 0. The smallest absolute Gasteiger partial charge is 0.00683 e. The molecule has 18 heavy (non-hydrogen) atoms. The van der Waals surface area contributed by atoms with Crippen molar-refractivity contribution in [2.24, 2.45) is 11.8 Å². The van der Waals surface area contributed by atoms with Crippen molar-refractivity contribution in [2.75, 3.05) is 6.54 Å². The number of hydrogen-bond donors (Lipinski definition) is 1. The van der Waals surface area contributed by atoms with Crippen LogP contribution in [0.25, 0.3) is 0 Å². The second kappa shape index (κ2) is 5.44. The van der Waals surface area contributed by atoms with Gasteiger partial charge in [-0.15, -0.1) is 0 Å². The zero-order valence-corrected chi connectivity index (χ0v) is 11.5. The highest BCUT2D eigenvalue weighted by Crippen LogP contribution is 2.37. The molecule has 0 spiro atoms. The average molecular weight is 243 g/mol. The summed E-state index contributed by atoms with van der Waals surface area (Å²) in [7, 11) is 0. The number of aryl methyl sites for hydroxylation is 1. The van der Waals surface area contributed by atoms with Crippen LogP contribution in [0.3, 0.4) is 0 Å². The molecule has 2 fully saturated rings. The Kier molecular flexibility index (Phi) is 3.69. The number of nitrogens with one attached hydrogen (secondary N) is 1. The van der Waals surface area contributed by atoms with Gasteiger partial charge >= 0.3 is 0 Å². The van der Waals surface area contributed by atoms with Crippen LogP contribution >= 0.6 is 0 Å². The largest absolute Gasteiger partial charge is 0.314 e. The van der Waals surface area contributed by atoms with Gasteiger partial charge in [-0.05, 0) is 68.0 Å². The van der Waals surface area contributed by atoms with E-state index in [1.807, 2.05) is 0 Å². The van der Waals surface area contributed by atoms with Gasteiger partial charge in [0.25, 0.3) is 0 Å². The minimum atomic E-state index is 0.870. The molecule has 1 aromatic rings. The van der Waals surface area contributed by atoms with Crippen molar-refractivity contribution >= 4 is 0 Å². The van der Waals surface area contributed by atoms with Crippen LogP contribution in [0.5, 0.6) is 0 Å². The molecule has 2 saturated carbocycles. The van der Waals surface area contributed by atoms with Crippen LogP contribution in [0.1, 0.15) is 43.7 Å². The lowest BCUT2D eigenvalue weighted by molar-refractivity contribution is 0.170. The van der Waals surface area contributed by atoms with Gasteiger partial charge < -0.3 is 5.32 Å². The van der Waals surface area contributed by atoms with E-state index in [1.54, 1.807) is 0 Å². The summed E-state index contributed by atoms with van der Waals surface area (Å²) in [5.41, 5.74) is 2.99. The Labute approximate surface area is 111 Å². The molecule has 0 aromatic heterocycles. The molecule has 1 aromatic carbocycles. The van der Waals surface area contributed by atoms with Crippen LogP contribution in [-0.2, 0) is 12.8 Å². The van der Waals surface area contributed by atoms with E-state index < -0.39 is 0 Å². The summed E-state index contributed by atoms with van der Waals surface area (Å²) in [4.78, 5) is 0. The van der Waals surface area contributed by atoms with Crippen LogP contribution in [-0.4, -0.2) is 12.6 Å². The molecular weight excluding hydrogens is 218 g/mol. The Morgan fingerprint density at radius 1 is 0.944 bits per heavy atom. The molecule has 2 atom stereocenters. The first-order valence-electron chi connectivity index (χ1n) is 7.66. The van der Waals surface area contributed by atoms with Crippen molar-refractivity contribution in [3.63, 3.8) is 0 Å². The van der Waals surface area contributed by atoms with Gasteiger partial charge in [-0.2, -0.15) is 0 Å². The van der Waals surface area contributed by atoms with Gasteiger partial charge in [-0.1, -0.05) is 31.2 Å². The van der Waals surface area contributed by atoms with E-state index in [-0.39, 0.29) is 0 Å². The van der Waals surface area contributed by atoms with Crippen molar-refractivity contribution < 1.29 is 0 Å². The normalized spacial score (nSPS) is 26.9. The van der Waals surface area contributed by atoms with Gasteiger partial charge in [-0.3, -0.25) is 0 Å². The molecule has 98 valence electrons. The predicted molar refractivity (Wildman–Crippen MR) is 76.8 cm³/mol. The van der Waals surface area contributed by atoms with Crippen LogP contribution in [0, 0.1) is 11.8 Å². The molecule has 2 unspecified atom stereocenters. The second-order valence-corrected chi connectivity index (χ2v) is 6.15. The van der Waals surface area contributed by atoms with E-state index in [0.717, 1.165) is 24.3 Å². The van der Waals surface area contributed by atoms with Crippen molar-refractivity contribution in [1.29, 1.82) is 0 Å². The molecule has 1 nitrogen and oxygen atoms in total. The first kappa shape index (κ1) is 12.2. The molecular formula is C17H25N. The lowest BCUT2D eigenvalue weighted by Crippen LogP contribution is -2.37. The number of rotatable bonds is 6. The van der Waals surface area contributed by atoms with Crippen molar-refractivity contribution in [2.45, 2.75) is 51.5 Å². The van der Waals surface area contributed by atoms with Crippen LogP contribution in [0.15, 0.2) is 24.3 Å². The molecule has 0 amide bonds. The zero-order chi connectivity index (χ0) is 12.4. The first-order valence-corrected chi connectivity index (χ1v) is 7.66. The highest BCUT2D eigenvalue weighted by Gasteiger charge is 2.32. The van der Waals surface area contributed by atoms with Crippen LogP contribution in [0.2, 0.25) is 0 Å². The average Bonchev–Trinajstić information content (AvgIpc) is 3.20. The summed E-state index contributed by atoms with van der Waals surface area (Å²) in [6.07, 6.45) is 8.15. The molecule has 1 heteroatoms. The Bertz CT molecular complexity index is 377. The van der Waals surface area contributed by atoms with Crippen molar-refractivity contribution in [1.82, 2.24) is 5.32 Å². The summed E-state index contributed by atoms with van der Waals surface area (Å²) in [6.45, 7) is 3.49. The zero-order valence-electron chi connectivity index (χ0n) is 11.5. The van der Waals surface area contributed by atoms with Gasteiger partial charge in [0.05, 0.1) is 0 Å². The Balaban J connectivity index is 1.48. The topological polar surface area (TPSA) is 12.0 Å². The van der Waals surface area contributed by atoms with Gasteiger partial charge in [0.2, 0.25) is 0 Å². The van der Waals surface area contributed by atoms with Crippen LogP contribution in [0.4, 0.5) is 0 Å². The predicted octanol–water partition coefficient (Wildman–Crippen LogP) is 3.57. The first-order chi connectivity index (χ1) is 8.85. The monoisotopic (exact) mass is 243 g/mol. The summed E-state index contributed by atoms with van der Waals surface area (Å²) in [5, 5.41) is 3.69. The third kappa shape index (κ3) is 2.95. The van der Waals surface area contributed by atoms with Crippen molar-refractivity contribution in [3.8, 4) is 0 Å². The quantitative estimate of drug-likeness (QED) is 0.805. The highest BCUT2D eigenvalue weighted by atomic mass is 14.9. The maximum Gasteiger partial charge on any atom is 0.00683 e. The molecule has 0 heterocycles. The van der Waals surface area contributed by atoms with E-state index in [4.69, 9.17) is 0 Å². The summed E-state index contributed by atoms with van der Waals surface area (Å²) >= 11 is 0. The minimum Gasteiger partial charge on any atom is -0.314 e.